The molecule has 0 N–H and O–H groups in total. The lowest BCUT2D eigenvalue weighted by Crippen LogP contribution is -2.56. The number of hydrazone groups is 1. The van der Waals surface area contributed by atoms with Crippen molar-refractivity contribution in [3.63, 3.8) is 0 Å². The highest BCUT2D eigenvalue weighted by Crippen LogP contribution is 2.44. The number of carbonyl (C=O) groups is 1. The minimum absolute atomic E-state index is 0.0618. The largest absolute Gasteiger partial charge is 0.293 e. The number of carbonyl (C=O) groups excluding carboxylic acids is 1. The Kier molecular flexibility index (Phi) is 3.30. The number of hydrogen-bond donors (Lipinski definition) is 0. The van der Waals surface area contributed by atoms with Crippen LogP contribution in [0.25, 0.3) is 0 Å². The van der Waals surface area contributed by atoms with Gasteiger partial charge in [-0.25, -0.2) is 5.01 Å². The molecule has 0 aliphatic carbocycles. The summed E-state index contributed by atoms with van der Waals surface area (Å²) in [6, 6.07) is 8.80. The molecule has 0 saturated carbocycles. The molecule has 0 radical (unpaired) electrons. The highest BCUT2D eigenvalue weighted by Gasteiger charge is 2.51. The van der Waals surface area contributed by atoms with E-state index >= 15 is 0 Å². The van der Waals surface area contributed by atoms with Gasteiger partial charge >= 0.3 is 0 Å². The van der Waals surface area contributed by atoms with Crippen molar-refractivity contribution < 1.29 is 4.79 Å². The Labute approximate surface area is 131 Å². The summed E-state index contributed by atoms with van der Waals surface area (Å²) >= 11 is 0. The van der Waals surface area contributed by atoms with Gasteiger partial charge in [-0.3, -0.25) is 9.69 Å². The van der Waals surface area contributed by atoms with Gasteiger partial charge in [0.1, 0.15) is 6.04 Å². The molecule has 3 saturated heterocycles. The third-order valence-corrected chi connectivity index (χ3v) is 5.50. The van der Waals surface area contributed by atoms with Crippen LogP contribution < -0.4 is 0 Å². The van der Waals surface area contributed by atoms with Crippen LogP contribution >= 0.6 is 0 Å². The summed E-state index contributed by atoms with van der Waals surface area (Å²) in [5.41, 5.74) is 3.76. The topological polar surface area (TPSA) is 35.9 Å². The van der Waals surface area contributed by atoms with Crippen molar-refractivity contribution in [3.05, 3.63) is 35.4 Å². The smallest absolute Gasteiger partial charge is 0.243 e. The zero-order valence-electron chi connectivity index (χ0n) is 13.3. The van der Waals surface area contributed by atoms with Crippen molar-refractivity contribution in [1.29, 1.82) is 0 Å². The minimum Gasteiger partial charge on any atom is -0.293 e. The average Bonchev–Trinajstić information content (AvgIpc) is 2.98. The lowest BCUT2D eigenvalue weighted by atomic mass is 9.77. The van der Waals surface area contributed by atoms with E-state index in [1.165, 1.54) is 29.7 Å². The quantitative estimate of drug-likeness (QED) is 0.841. The van der Waals surface area contributed by atoms with Crippen molar-refractivity contribution in [1.82, 2.24) is 9.91 Å². The molecule has 2 bridgehead atoms. The van der Waals surface area contributed by atoms with Gasteiger partial charge < -0.3 is 0 Å². The number of amides is 1. The second kappa shape index (κ2) is 5.20. The molecule has 1 aromatic carbocycles. The van der Waals surface area contributed by atoms with Gasteiger partial charge in [0.05, 0.1) is 11.8 Å². The SMILES string of the molecule is CCC(=O)N1N=C2C3CCN(CC3)[C@@H]2[C@@H]1c1ccccc1C. The van der Waals surface area contributed by atoms with E-state index in [1.54, 1.807) is 5.01 Å². The Morgan fingerprint density at radius 3 is 2.64 bits per heavy atom. The van der Waals surface area contributed by atoms with E-state index in [9.17, 15) is 4.79 Å². The Morgan fingerprint density at radius 1 is 1.23 bits per heavy atom. The van der Waals surface area contributed by atoms with Crippen molar-refractivity contribution >= 4 is 11.6 Å². The fourth-order valence-electron chi connectivity index (χ4n) is 4.32. The maximum absolute atomic E-state index is 12.5. The van der Waals surface area contributed by atoms with Crippen LogP contribution in [-0.2, 0) is 4.79 Å². The van der Waals surface area contributed by atoms with Gasteiger partial charge in [-0.05, 0) is 44.0 Å². The van der Waals surface area contributed by atoms with E-state index < -0.39 is 0 Å². The van der Waals surface area contributed by atoms with Crippen LogP contribution in [0.3, 0.4) is 0 Å². The number of rotatable bonds is 2. The van der Waals surface area contributed by atoms with E-state index in [2.05, 4.69) is 36.1 Å². The lowest BCUT2D eigenvalue weighted by molar-refractivity contribution is -0.133. The standard InChI is InChI=1S/C18H23N3O/c1-3-15(22)21-17(14-7-5-4-6-12(14)2)18-16(19-21)13-8-10-20(18)11-9-13/h4-7,13,17-18H,3,8-11H2,1-2H3/t17-,18-/m0/s1. The Bertz CT molecular complexity index is 631. The van der Waals surface area contributed by atoms with Crippen LogP contribution in [0, 0.1) is 12.8 Å². The number of hydrogen-bond acceptors (Lipinski definition) is 3. The zero-order chi connectivity index (χ0) is 15.3. The molecule has 0 aromatic heterocycles. The van der Waals surface area contributed by atoms with Crippen LogP contribution in [0.4, 0.5) is 0 Å². The van der Waals surface area contributed by atoms with Crippen molar-refractivity contribution in [2.75, 3.05) is 13.1 Å². The van der Waals surface area contributed by atoms with Crippen LogP contribution in [0.2, 0.25) is 0 Å². The van der Waals surface area contributed by atoms with Crippen LogP contribution in [0.5, 0.6) is 0 Å². The van der Waals surface area contributed by atoms with Crippen LogP contribution in [0.1, 0.15) is 43.4 Å². The Morgan fingerprint density at radius 2 is 1.95 bits per heavy atom. The van der Waals surface area contributed by atoms with E-state index in [4.69, 9.17) is 5.10 Å². The van der Waals surface area contributed by atoms with Crippen LogP contribution in [-0.4, -0.2) is 40.7 Å². The first-order chi connectivity index (χ1) is 10.7. The highest BCUT2D eigenvalue weighted by molar-refractivity contribution is 5.97. The zero-order valence-corrected chi connectivity index (χ0v) is 13.3. The third-order valence-electron chi connectivity index (χ3n) is 5.50. The van der Waals surface area contributed by atoms with E-state index in [0.29, 0.717) is 18.4 Å². The molecule has 22 heavy (non-hydrogen) atoms. The number of benzene rings is 1. The van der Waals surface area contributed by atoms with Crippen molar-refractivity contribution in [2.24, 2.45) is 11.0 Å². The molecule has 116 valence electrons. The predicted octanol–water partition coefficient (Wildman–Crippen LogP) is 2.74. The summed E-state index contributed by atoms with van der Waals surface area (Å²) in [4.78, 5) is 15.0. The second-order valence-electron chi connectivity index (χ2n) is 6.67. The van der Waals surface area contributed by atoms with Crippen molar-refractivity contribution in [3.8, 4) is 0 Å². The summed E-state index contributed by atoms with van der Waals surface area (Å²) in [5.74, 6) is 0.715. The molecule has 0 unspecified atom stereocenters. The molecule has 1 amide bonds. The molecule has 4 nitrogen and oxygen atoms in total. The van der Waals surface area contributed by atoms with Gasteiger partial charge in [-0.1, -0.05) is 31.2 Å². The number of fused-ring (bicyclic) bond motifs is 2. The fraction of sp³-hybridized carbons (Fsp3) is 0.556. The predicted molar refractivity (Wildman–Crippen MR) is 86.6 cm³/mol. The first-order valence-electron chi connectivity index (χ1n) is 8.40. The molecular weight excluding hydrogens is 274 g/mol. The third kappa shape index (κ3) is 1.93. The molecule has 4 heteroatoms. The van der Waals surface area contributed by atoms with Crippen molar-refractivity contribution in [2.45, 2.75) is 45.2 Å². The van der Waals surface area contributed by atoms with Crippen LogP contribution in [0.15, 0.2) is 29.4 Å². The van der Waals surface area contributed by atoms with E-state index in [0.717, 1.165) is 13.1 Å². The molecule has 1 aromatic rings. The van der Waals surface area contributed by atoms with Gasteiger partial charge in [0, 0.05) is 12.3 Å². The molecule has 3 fully saturated rings. The van der Waals surface area contributed by atoms with Gasteiger partial charge in [0.15, 0.2) is 0 Å². The molecule has 4 heterocycles. The summed E-state index contributed by atoms with van der Waals surface area (Å²) in [7, 11) is 0. The van der Waals surface area contributed by atoms with E-state index in [1.807, 2.05) is 6.92 Å². The molecular formula is C18H23N3O. The van der Waals surface area contributed by atoms with Gasteiger partial charge in [-0.15, -0.1) is 0 Å². The fourth-order valence-corrected chi connectivity index (χ4v) is 4.32. The molecule has 2 atom stereocenters. The number of aryl methyl sites for hydroxylation is 1. The van der Waals surface area contributed by atoms with E-state index in [-0.39, 0.29) is 11.9 Å². The number of nitrogens with zero attached hydrogens (tertiary/aromatic N) is 3. The molecule has 4 aliphatic rings. The maximum atomic E-state index is 12.5. The highest BCUT2D eigenvalue weighted by atomic mass is 16.2. The average molecular weight is 297 g/mol. The maximum Gasteiger partial charge on any atom is 0.243 e. The molecule has 5 rings (SSSR count). The second-order valence-corrected chi connectivity index (χ2v) is 6.67. The monoisotopic (exact) mass is 297 g/mol. The summed E-state index contributed by atoms with van der Waals surface area (Å²) in [6.07, 6.45) is 2.91. The minimum atomic E-state index is 0.0618. The summed E-state index contributed by atoms with van der Waals surface area (Å²) in [6.45, 7) is 6.35. The van der Waals surface area contributed by atoms with Gasteiger partial charge in [0.2, 0.25) is 5.91 Å². The summed E-state index contributed by atoms with van der Waals surface area (Å²) in [5, 5.41) is 6.61. The number of piperidine rings is 3. The van der Waals surface area contributed by atoms with Gasteiger partial charge in [-0.2, -0.15) is 5.10 Å². The normalized spacial score (nSPS) is 32.8. The lowest BCUT2D eigenvalue weighted by Gasteiger charge is -2.46. The Balaban J connectivity index is 1.80. The molecule has 4 aliphatic heterocycles. The molecule has 0 spiro atoms. The first kappa shape index (κ1) is 13.9. The Hall–Kier alpha value is -1.68. The van der Waals surface area contributed by atoms with Gasteiger partial charge in [0.25, 0.3) is 0 Å². The first-order valence-corrected chi connectivity index (χ1v) is 8.40. The summed E-state index contributed by atoms with van der Waals surface area (Å²) < 4.78 is 0.